The van der Waals surface area contributed by atoms with E-state index < -0.39 is 0 Å². The summed E-state index contributed by atoms with van der Waals surface area (Å²) < 4.78 is 0. The number of hydrogen-bond donors (Lipinski definition) is 1. The molecule has 7 heteroatoms. The Morgan fingerprint density at radius 2 is 1.68 bits per heavy atom. The molecule has 2 fully saturated rings. The average molecular weight is 425 g/mol. The number of aromatic nitrogens is 4. The van der Waals surface area contributed by atoms with Crippen molar-refractivity contribution in [2.75, 3.05) is 19.6 Å². The fourth-order valence-corrected chi connectivity index (χ4v) is 4.79. The van der Waals surface area contributed by atoms with Gasteiger partial charge in [0.05, 0.1) is 6.54 Å². The topological polar surface area (TPSA) is 75.9 Å². The zero-order chi connectivity index (χ0) is 21.3. The lowest BCUT2D eigenvalue weighted by molar-refractivity contribution is -0.127. The van der Waals surface area contributed by atoms with Gasteiger partial charge in [0.2, 0.25) is 11.7 Å². The number of hydrogen-bond acceptors (Lipinski definition) is 5. The summed E-state index contributed by atoms with van der Waals surface area (Å²) in [7, 11) is 0. The Morgan fingerprint density at radius 3 is 2.45 bits per heavy atom. The maximum Gasteiger partial charge on any atom is 0.223 e. The molecule has 0 atom stereocenters. The van der Waals surface area contributed by atoms with Gasteiger partial charge in [0.25, 0.3) is 0 Å². The molecule has 0 unspecified atom stereocenters. The highest BCUT2D eigenvalue weighted by molar-refractivity contribution is 5.79. The predicted octanol–water partition coefficient (Wildman–Crippen LogP) is 3.67. The van der Waals surface area contributed by atoms with E-state index in [0.29, 0.717) is 17.8 Å². The number of benzene rings is 1. The van der Waals surface area contributed by atoms with Gasteiger partial charge < -0.3 is 10.2 Å². The van der Waals surface area contributed by atoms with Crippen LogP contribution in [0.4, 0.5) is 0 Å². The second kappa shape index (κ2) is 11.4. The lowest BCUT2D eigenvalue weighted by Crippen LogP contribution is -2.46. The average Bonchev–Trinajstić information content (AvgIpc) is 3.30. The fourth-order valence-electron chi connectivity index (χ4n) is 4.79. The molecule has 7 nitrogen and oxygen atoms in total. The number of tetrazole rings is 1. The van der Waals surface area contributed by atoms with Crippen LogP contribution in [0.1, 0.15) is 64.2 Å². The van der Waals surface area contributed by atoms with Crippen LogP contribution in [0.15, 0.2) is 30.3 Å². The van der Waals surface area contributed by atoms with Crippen molar-refractivity contribution in [2.45, 2.75) is 76.8 Å². The SMILES string of the molecule is O=C(NC1CCN(CCCCCn2nnc(-c3ccccc3)n2)CC1)C1CCCCC1. The first-order chi connectivity index (χ1) is 15.3. The third-order valence-electron chi connectivity index (χ3n) is 6.73. The zero-order valence-corrected chi connectivity index (χ0v) is 18.6. The van der Waals surface area contributed by atoms with Crippen LogP contribution < -0.4 is 5.32 Å². The number of likely N-dealkylation sites (tertiary alicyclic amines) is 1. The molecule has 1 aliphatic carbocycles. The lowest BCUT2D eigenvalue weighted by atomic mass is 9.88. The monoisotopic (exact) mass is 424 g/mol. The number of nitrogens with zero attached hydrogens (tertiary/aromatic N) is 5. The standard InChI is InChI=1S/C24H36N6O/c31-24(21-12-6-2-7-13-21)25-22-14-18-29(19-15-22)16-8-3-9-17-30-27-23(26-28-30)20-10-4-1-5-11-20/h1,4-5,10-11,21-22H,2-3,6-9,12-19H2,(H,25,31). The van der Waals surface area contributed by atoms with Gasteiger partial charge >= 0.3 is 0 Å². The molecule has 4 rings (SSSR count). The molecule has 168 valence electrons. The summed E-state index contributed by atoms with van der Waals surface area (Å²) in [5.41, 5.74) is 1.01. The molecule has 1 aromatic carbocycles. The molecule has 1 aliphatic heterocycles. The maximum atomic E-state index is 12.4. The first kappa shape index (κ1) is 21.9. The number of carbonyl (C=O) groups is 1. The van der Waals surface area contributed by atoms with Crippen molar-refractivity contribution in [3.63, 3.8) is 0 Å². The molecular formula is C24H36N6O. The third-order valence-corrected chi connectivity index (χ3v) is 6.73. The summed E-state index contributed by atoms with van der Waals surface area (Å²) in [6, 6.07) is 10.4. The van der Waals surface area contributed by atoms with Crippen LogP contribution in [0.3, 0.4) is 0 Å². The quantitative estimate of drug-likeness (QED) is 0.622. The molecule has 1 saturated carbocycles. The van der Waals surface area contributed by atoms with Crippen molar-refractivity contribution >= 4 is 5.91 Å². The van der Waals surface area contributed by atoms with Gasteiger partial charge in [-0.25, -0.2) is 0 Å². The summed E-state index contributed by atoms with van der Waals surface area (Å²) in [6.45, 7) is 4.15. The summed E-state index contributed by atoms with van der Waals surface area (Å²) in [5, 5.41) is 16.1. The van der Waals surface area contributed by atoms with Gasteiger partial charge in [-0.05, 0) is 50.3 Å². The van der Waals surface area contributed by atoms with Crippen molar-refractivity contribution in [2.24, 2.45) is 5.92 Å². The zero-order valence-electron chi connectivity index (χ0n) is 18.6. The molecule has 1 saturated heterocycles. The normalized spacial score (nSPS) is 18.8. The van der Waals surface area contributed by atoms with Gasteiger partial charge in [0.1, 0.15) is 0 Å². The lowest BCUT2D eigenvalue weighted by Gasteiger charge is -2.33. The minimum Gasteiger partial charge on any atom is -0.353 e. The Balaban J connectivity index is 1.07. The molecule has 0 bridgehead atoms. The van der Waals surface area contributed by atoms with Crippen LogP contribution in [0.2, 0.25) is 0 Å². The largest absolute Gasteiger partial charge is 0.353 e. The Labute approximate surface area is 185 Å². The number of unbranched alkanes of at least 4 members (excludes halogenated alkanes) is 2. The van der Waals surface area contributed by atoms with Crippen molar-refractivity contribution < 1.29 is 4.79 Å². The first-order valence-corrected chi connectivity index (χ1v) is 12.1. The highest BCUT2D eigenvalue weighted by Crippen LogP contribution is 2.24. The van der Waals surface area contributed by atoms with Crippen LogP contribution in [-0.4, -0.2) is 56.7 Å². The van der Waals surface area contributed by atoms with Gasteiger partial charge in [0.15, 0.2) is 0 Å². The van der Waals surface area contributed by atoms with Crippen LogP contribution in [0, 0.1) is 5.92 Å². The van der Waals surface area contributed by atoms with E-state index >= 15 is 0 Å². The highest BCUT2D eigenvalue weighted by atomic mass is 16.1. The summed E-state index contributed by atoms with van der Waals surface area (Å²) in [5.74, 6) is 1.28. The summed E-state index contributed by atoms with van der Waals surface area (Å²) in [6.07, 6.45) is 11.5. The minimum atomic E-state index is 0.273. The summed E-state index contributed by atoms with van der Waals surface area (Å²) in [4.78, 5) is 16.7. The summed E-state index contributed by atoms with van der Waals surface area (Å²) >= 11 is 0. The number of rotatable bonds is 9. The van der Waals surface area contributed by atoms with E-state index in [9.17, 15) is 4.79 Å². The van der Waals surface area contributed by atoms with Gasteiger partial charge in [-0.1, -0.05) is 56.0 Å². The molecule has 0 spiro atoms. The van der Waals surface area contributed by atoms with Crippen molar-refractivity contribution in [3.8, 4) is 11.4 Å². The van der Waals surface area contributed by atoms with E-state index in [1.807, 2.05) is 30.3 Å². The Morgan fingerprint density at radius 1 is 0.935 bits per heavy atom. The van der Waals surface area contributed by atoms with Gasteiger partial charge in [0, 0.05) is 30.6 Å². The molecule has 2 aliphatic rings. The van der Waals surface area contributed by atoms with E-state index in [2.05, 4.69) is 25.6 Å². The van der Waals surface area contributed by atoms with Crippen LogP contribution in [-0.2, 0) is 11.3 Å². The molecular weight excluding hydrogens is 388 g/mol. The highest BCUT2D eigenvalue weighted by Gasteiger charge is 2.25. The van der Waals surface area contributed by atoms with Gasteiger partial charge in [-0.3, -0.25) is 4.79 Å². The molecule has 1 amide bonds. The molecule has 0 radical (unpaired) electrons. The number of amides is 1. The predicted molar refractivity (Wildman–Crippen MR) is 121 cm³/mol. The van der Waals surface area contributed by atoms with E-state index in [1.165, 1.54) is 32.1 Å². The smallest absolute Gasteiger partial charge is 0.223 e. The number of piperidine rings is 1. The Hall–Kier alpha value is -2.28. The second-order valence-electron chi connectivity index (χ2n) is 9.10. The number of nitrogens with one attached hydrogen (secondary N) is 1. The third kappa shape index (κ3) is 6.60. The van der Waals surface area contributed by atoms with Crippen molar-refractivity contribution in [1.82, 2.24) is 30.4 Å². The second-order valence-corrected chi connectivity index (χ2v) is 9.10. The van der Waals surface area contributed by atoms with Gasteiger partial charge in [-0.15, -0.1) is 10.2 Å². The van der Waals surface area contributed by atoms with Gasteiger partial charge in [-0.2, -0.15) is 4.80 Å². The van der Waals surface area contributed by atoms with E-state index in [4.69, 9.17) is 0 Å². The molecule has 1 N–H and O–H groups in total. The van der Waals surface area contributed by atoms with Crippen molar-refractivity contribution in [1.29, 1.82) is 0 Å². The molecule has 31 heavy (non-hydrogen) atoms. The Bertz CT molecular complexity index is 793. The molecule has 2 aromatic rings. The minimum absolute atomic E-state index is 0.273. The Kier molecular flexibility index (Phi) is 8.04. The van der Waals surface area contributed by atoms with E-state index in [0.717, 1.165) is 63.8 Å². The molecule has 1 aromatic heterocycles. The van der Waals surface area contributed by atoms with Crippen molar-refractivity contribution in [3.05, 3.63) is 30.3 Å². The van der Waals surface area contributed by atoms with E-state index in [1.54, 1.807) is 4.80 Å². The van der Waals surface area contributed by atoms with Crippen LogP contribution in [0.25, 0.3) is 11.4 Å². The fraction of sp³-hybridized carbons (Fsp3) is 0.667. The first-order valence-electron chi connectivity index (χ1n) is 12.1. The number of aryl methyl sites for hydroxylation is 1. The number of carbonyl (C=O) groups excluding carboxylic acids is 1. The molecule has 2 heterocycles. The van der Waals surface area contributed by atoms with Crippen LogP contribution in [0.5, 0.6) is 0 Å². The van der Waals surface area contributed by atoms with Crippen LogP contribution >= 0.6 is 0 Å². The maximum absolute atomic E-state index is 12.4. The van der Waals surface area contributed by atoms with E-state index in [-0.39, 0.29) is 5.92 Å².